The zero-order valence-electron chi connectivity index (χ0n) is 17.8. The van der Waals surface area contributed by atoms with E-state index in [1.807, 2.05) is 0 Å². The summed E-state index contributed by atoms with van der Waals surface area (Å²) in [5, 5.41) is 5.72. The summed E-state index contributed by atoms with van der Waals surface area (Å²) in [6, 6.07) is 11.8. The highest BCUT2D eigenvalue weighted by Crippen LogP contribution is 2.57. The SMILES string of the molecule is COc1ccc(NC(=O)c2cccc(NC(=O)[C@H]3[C@H]4C[C@H]5[C@H]3C(=O)O[C@H]5C4)c2)c(OC)c1. The molecule has 166 valence electrons. The fourth-order valence-electron chi connectivity index (χ4n) is 5.42. The normalized spacial score (nSPS) is 27.1. The van der Waals surface area contributed by atoms with E-state index < -0.39 is 0 Å². The second kappa shape index (κ2) is 7.85. The molecular formula is C24H24N2O6. The summed E-state index contributed by atoms with van der Waals surface area (Å²) in [6.07, 6.45) is 1.62. The molecule has 2 amide bonds. The summed E-state index contributed by atoms with van der Waals surface area (Å²) in [7, 11) is 3.07. The van der Waals surface area contributed by atoms with Crippen LogP contribution in [0.2, 0.25) is 0 Å². The van der Waals surface area contributed by atoms with Gasteiger partial charge in [-0.15, -0.1) is 0 Å². The van der Waals surface area contributed by atoms with Gasteiger partial charge in [0.15, 0.2) is 0 Å². The Bertz CT molecular complexity index is 1100. The molecule has 3 aliphatic rings. The number of ether oxygens (including phenoxy) is 3. The second-order valence-corrected chi connectivity index (χ2v) is 8.51. The lowest BCUT2D eigenvalue weighted by molar-refractivity contribution is -0.145. The Morgan fingerprint density at radius 3 is 2.66 bits per heavy atom. The summed E-state index contributed by atoms with van der Waals surface area (Å²) < 4.78 is 15.9. The quantitative estimate of drug-likeness (QED) is 0.675. The van der Waals surface area contributed by atoms with Crippen molar-refractivity contribution in [2.45, 2.75) is 18.9 Å². The molecule has 2 aromatic rings. The number of anilines is 2. The van der Waals surface area contributed by atoms with Gasteiger partial charge in [0.05, 0.1) is 31.7 Å². The van der Waals surface area contributed by atoms with Crippen LogP contribution in [0.15, 0.2) is 42.5 Å². The Morgan fingerprint density at radius 2 is 1.88 bits per heavy atom. The summed E-state index contributed by atoms with van der Waals surface area (Å²) >= 11 is 0. The molecule has 0 aromatic heterocycles. The molecule has 8 heteroatoms. The topological polar surface area (TPSA) is 103 Å². The number of amides is 2. The number of fused-ring (bicyclic) bond motifs is 1. The van der Waals surface area contributed by atoms with Crippen molar-refractivity contribution < 1.29 is 28.6 Å². The number of benzene rings is 2. The number of esters is 1. The number of methoxy groups -OCH3 is 2. The average molecular weight is 436 g/mol. The predicted octanol–water partition coefficient (Wildman–Crippen LogP) is 3.09. The number of rotatable bonds is 6. The van der Waals surface area contributed by atoms with Crippen LogP contribution in [-0.4, -0.2) is 38.1 Å². The minimum Gasteiger partial charge on any atom is -0.497 e. The van der Waals surface area contributed by atoms with E-state index in [9.17, 15) is 14.4 Å². The van der Waals surface area contributed by atoms with Gasteiger partial charge in [-0.3, -0.25) is 14.4 Å². The van der Waals surface area contributed by atoms with Gasteiger partial charge in [-0.05, 0) is 49.1 Å². The van der Waals surface area contributed by atoms with Crippen molar-refractivity contribution in [3.05, 3.63) is 48.0 Å². The van der Waals surface area contributed by atoms with Crippen LogP contribution in [0.25, 0.3) is 0 Å². The van der Waals surface area contributed by atoms with Crippen LogP contribution in [0.5, 0.6) is 11.5 Å². The Kier molecular flexibility index (Phi) is 5.00. The van der Waals surface area contributed by atoms with Gasteiger partial charge in [0.25, 0.3) is 5.91 Å². The zero-order chi connectivity index (χ0) is 22.4. The van der Waals surface area contributed by atoms with E-state index in [2.05, 4.69) is 10.6 Å². The summed E-state index contributed by atoms with van der Waals surface area (Å²) in [5.74, 6) is -0.0548. The van der Waals surface area contributed by atoms with E-state index in [1.54, 1.807) is 49.6 Å². The molecular weight excluding hydrogens is 412 g/mol. The van der Waals surface area contributed by atoms with Crippen LogP contribution in [0.1, 0.15) is 23.2 Å². The van der Waals surface area contributed by atoms with Crippen LogP contribution >= 0.6 is 0 Å². The lowest BCUT2D eigenvalue weighted by Crippen LogP contribution is -2.35. The first-order valence-electron chi connectivity index (χ1n) is 10.6. The minimum absolute atomic E-state index is 0.0106. The standard InChI is InChI=1S/C24H24N2O6/c1-30-15-6-7-17(19(11-15)31-2)26-22(27)12-4-3-5-14(8-12)25-23(28)20-13-9-16-18(10-13)32-24(29)21(16)20/h3-8,11,13,16,18,20-21H,9-10H2,1-2H3,(H,25,28)(H,26,27)/t13-,16+,18-,20-,21+/m0/s1. The molecule has 1 heterocycles. The summed E-state index contributed by atoms with van der Waals surface area (Å²) in [6.45, 7) is 0. The third kappa shape index (κ3) is 3.36. The van der Waals surface area contributed by atoms with Gasteiger partial charge < -0.3 is 24.8 Å². The zero-order valence-corrected chi connectivity index (χ0v) is 17.8. The molecule has 2 aromatic carbocycles. The van der Waals surface area contributed by atoms with E-state index in [0.717, 1.165) is 12.8 Å². The van der Waals surface area contributed by atoms with Crippen LogP contribution in [0.4, 0.5) is 11.4 Å². The molecule has 0 unspecified atom stereocenters. The monoisotopic (exact) mass is 436 g/mol. The molecule has 2 aliphatic carbocycles. The van der Waals surface area contributed by atoms with Gasteiger partial charge in [0.2, 0.25) is 5.91 Å². The molecule has 2 bridgehead atoms. The molecule has 5 rings (SSSR count). The van der Waals surface area contributed by atoms with Crippen LogP contribution in [0.3, 0.4) is 0 Å². The maximum absolute atomic E-state index is 13.0. The van der Waals surface area contributed by atoms with Crippen molar-refractivity contribution in [3.63, 3.8) is 0 Å². The van der Waals surface area contributed by atoms with Gasteiger partial charge in [0, 0.05) is 23.2 Å². The molecule has 3 fully saturated rings. The molecule has 32 heavy (non-hydrogen) atoms. The molecule has 8 nitrogen and oxygen atoms in total. The molecule has 2 N–H and O–H groups in total. The Hall–Kier alpha value is -3.55. The maximum atomic E-state index is 13.0. The van der Waals surface area contributed by atoms with Crippen LogP contribution in [0, 0.1) is 23.7 Å². The fourth-order valence-corrected chi connectivity index (χ4v) is 5.42. The Labute approximate surface area is 185 Å². The van der Waals surface area contributed by atoms with E-state index in [1.165, 1.54) is 7.11 Å². The van der Waals surface area contributed by atoms with Crippen molar-refractivity contribution >= 4 is 29.2 Å². The van der Waals surface area contributed by atoms with Crippen molar-refractivity contribution in [2.75, 3.05) is 24.9 Å². The third-order valence-electron chi connectivity index (χ3n) is 6.84. The first-order chi connectivity index (χ1) is 15.5. The number of carbonyl (C=O) groups excluding carboxylic acids is 3. The average Bonchev–Trinajstić information content (AvgIpc) is 3.42. The van der Waals surface area contributed by atoms with Gasteiger partial charge >= 0.3 is 5.97 Å². The van der Waals surface area contributed by atoms with Crippen molar-refractivity contribution in [2.24, 2.45) is 23.7 Å². The van der Waals surface area contributed by atoms with Gasteiger partial charge in [-0.25, -0.2) is 0 Å². The highest BCUT2D eigenvalue weighted by atomic mass is 16.6. The largest absolute Gasteiger partial charge is 0.497 e. The maximum Gasteiger partial charge on any atom is 0.310 e. The molecule has 5 atom stereocenters. The lowest BCUT2D eigenvalue weighted by atomic mass is 9.79. The minimum atomic E-state index is -0.368. The van der Waals surface area contributed by atoms with E-state index in [-0.39, 0.29) is 47.6 Å². The first-order valence-corrected chi connectivity index (χ1v) is 10.6. The van der Waals surface area contributed by atoms with Crippen molar-refractivity contribution in [1.29, 1.82) is 0 Å². The number of hydrogen-bond acceptors (Lipinski definition) is 6. The summed E-state index contributed by atoms with van der Waals surface area (Å²) in [4.78, 5) is 38.0. The van der Waals surface area contributed by atoms with Gasteiger partial charge in [-0.1, -0.05) is 6.07 Å². The third-order valence-corrected chi connectivity index (χ3v) is 6.84. The highest BCUT2D eigenvalue weighted by molar-refractivity contribution is 6.06. The van der Waals surface area contributed by atoms with E-state index in [0.29, 0.717) is 28.4 Å². The smallest absolute Gasteiger partial charge is 0.310 e. The first kappa shape index (κ1) is 20.4. The molecule has 1 saturated heterocycles. The van der Waals surface area contributed by atoms with Gasteiger partial charge in [-0.2, -0.15) is 0 Å². The van der Waals surface area contributed by atoms with Crippen molar-refractivity contribution in [3.8, 4) is 11.5 Å². The number of nitrogens with one attached hydrogen (secondary N) is 2. The van der Waals surface area contributed by atoms with Gasteiger partial charge in [0.1, 0.15) is 17.6 Å². The number of carbonyl (C=O) groups is 3. The Morgan fingerprint density at radius 1 is 1.03 bits per heavy atom. The molecule has 1 aliphatic heterocycles. The van der Waals surface area contributed by atoms with Crippen LogP contribution < -0.4 is 20.1 Å². The Balaban J connectivity index is 1.29. The summed E-state index contributed by atoms with van der Waals surface area (Å²) in [5.41, 5.74) is 1.40. The van der Waals surface area contributed by atoms with E-state index in [4.69, 9.17) is 14.2 Å². The second-order valence-electron chi connectivity index (χ2n) is 8.51. The lowest BCUT2D eigenvalue weighted by Gasteiger charge is -2.23. The number of hydrogen-bond donors (Lipinski definition) is 2. The van der Waals surface area contributed by atoms with Crippen molar-refractivity contribution in [1.82, 2.24) is 0 Å². The molecule has 0 spiro atoms. The molecule has 0 radical (unpaired) electrons. The van der Waals surface area contributed by atoms with Crippen LogP contribution in [-0.2, 0) is 14.3 Å². The highest BCUT2D eigenvalue weighted by Gasteiger charge is 2.63. The predicted molar refractivity (Wildman–Crippen MR) is 116 cm³/mol. The fraction of sp³-hybridized carbons (Fsp3) is 0.375. The van der Waals surface area contributed by atoms with E-state index >= 15 is 0 Å². The molecule has 2 saturated carbocycles.